The van der Waals surface area contributed by atoms with Crippen molar-refractivity contribution in [3.05, 3.63) is 52.5 Å². The lowest BCUT2D eigenvalue weighted by Gasteiger charge is -2.38. The van der Waals surface area contributed by atoms with Gasteiger partial charge in [-0.1, -0.05) is 18.6 Å². The fraction of sp³-hybridized carbons (Fsp3) is 0.263. The van der Waals surface area contributed by atoms with Crippen LogP contribution in [0.3, 0.4) is 0 Å². The Labute approximate surface area is 161 Å². The Morgan fingerprint density at radius 1 is 1.19 bits per heavy atom. The lowest BCUT2D eigenvalue weighted by molar-refractivity contribution is 0.235. The molecule has 0 unspecified atom stereocenters. The Hall–Kier alpha value is -2.56. The van der Waals surface area contributed by atoms with Crippen molar-refractivity contribution in [3.63, 3.8) is 0 Å². The number of hydrazine groups is 1. The van der Waals surface area contributed by atoms with E-state index >= 15 is 0 Å². The highest BCUT2D eigenvalue weighted by Gasteiger charge is 2.24. The second-order valence-corrected chi connectivity index (χ2v) is 6.92. The average Bonchev–Trinajstić information content (AvgIpc) is 2.66. The number of hydrogen-bond donors (Lipinski definition) is 2. The molecule has 0 atom stereocenters. The van der Waals surface area contributed by atoms with Crippen LogP contribution in [0.2, 0.25) is 0 Å². The van der Waals surface area contributed by atoms with E-state index in [1.807, 2.05) is 30.3 Å². The molecule has 3 rings (SSSR count). The number of nitriles is 1. The summed E-state index contributed by atoms with van der Waals surface area (Å²) in [5, 5.41) is 23.3. The number of aliphatic imine (C=N–C) groups is 1. The first-order valence-electron chi connectivity index (χ1n) is 8.47. The molecule has 1 fully saturated rings. The van der Waals surface area contributed by atoms with E-state index in [2.05, 4.69) is 25.9 Å². The largest absolute Gasteiger partial charge is 0.506 e. The van der Waals surface area contributed by atoms with Gasteiger partial charge in [-0.05, 0) is 59.1 Å². The number of benzene rings is 2. The summed E-state index contributed by atoms with van der Waals surface area (Å²) in [6.45, 7) is 1.65. The van der Waals surface area contributed by atoms with Crippen molar-refractivity contribution in [1.82, 2.24) is 5.01 Å². The highest BCUT2D eigenvalue weighted by molar-refractivity contribution is 9.10. The van der Waals surface area contributed by atoms with Gasteiger partial charge >= 0.3 is 0 Å². The highest BCUT2D eigenvalue weighted by Crippen LogP contribution is 2.32. The molecule has 2 aromatic rings. The fourth-order valence-corrected chi connectivity index (χ4v) is 3.36. The highest BCUT2D eigenvalue weighted by atomic mass is 79.9. The number of phenolic OH excluding ortho intramolecular Hbond substituents is 1. The Kier molecular flexibility index (Phi) is 5.76. The van der Waals surface area contributed by atoms with Gasteiger partial charge < -0.3 is 10.8 Å². The van der Waals surface area contributed by atoms with Gasteiger partial charge in [-0.2, -0.15) is 5.26 Å². The van der Waals surface area contributed by atoms with E-state index in [4.69, 9.17) is 11.0 Å². The van der Waals surface area contributed by atoms with Crippen molar-refractivity contribution in [2.75, 3.05) is 18.1 Å². The van der Waals surface area contributed by atoms with Crippen LogP contribution in [0.4, 0.5) is 11.4 Å². The smallest absolute Gasteiger partial charge is 0.216 e. The van der Waals surface area contributed by atoms with Gasteiger partial charge in [0.2, 0.25) is 5.96 Å². The number of phenols is 1. The zero-order chi connectivity index (χ0) is 18.5. The summed E-state index contributed by atoms with van der Waals surface area (Å²) in [4.78, 5) is 4.55. The van der Waals surface area contributed by atoms with E-state index in [0.717, 1.165) is 30.4 Å². The number of para-hydroxylation sites is 1. The number of hydrogen-bond acceptors (Lipinski definition) is 4. The summed E-state index contributed by atoms with van der Waals surface area (Å²) >= 11 is 3.48. The molecule has 1 aliphatic heterocycles. The molecule has 1 saturated heterocycles. The van der Waals surface area contributed by atoms with Crippen molar-refractivity contribution in [2.45, 2.75) is 19.3 Å². The molecule has 0 saturated carbocycles. The van der Waals surface area contributed by atoms with E-state index in [-0.39, 0.29) is 11.7 Å². The van der Waals surface area contributed by atoms with Crippen LogP contribution in [-0.4, -0.2) is 29.2 Å². The van der Waals surface area contributed by atoms with Gasteiger partial charge in [-0.3, -0.25) is 0 Å². The van der Waals surface area contributed by atoms with Crippen molar-refractivity contribution in [2.24, 2.45) is 10.7 Å². The van der Waals surface area contributed by atoms with Crippen LogP contribution in [0.15, 0.2) is 51.9 Å². The second kappa shape index (κ2) is 8.21. The Bertz CT molecular complexity index is 855. The molecule has 6 nitrogen and oxygen atoms in total. The van der Waals surface area contributed by atoms with Crippen LogP contribution in [0.1, 0.15) is 24.8 Å². The topological polar surface area (TPSA) is 88.9 Å². The summed E-state index contributed by atoms with van der Waals surface area (Å²) in [5.41, 5.74) is 7.97. The molecule has 0 spiro atoms. The maximum Gasteiger partial charge on any atom is 0.216 e. The van der Waals surface area contributed by atoms with Crippen molar-refractivity contribution < 1.29 is 5.11 Å². The van der Waals surface area contributed by atoms with Gasteiger partial charge in [0, 0.05) is 17.6 Å². The number of nitrogens with two attached hydrogens (primary N) is 1. The fourth-order valence-electron chi connectivity index (χ4n) is 2.98. The molecule has 3 N–H and O–H groups in total. The Morgan fingerprint density at radius 3 is 2.58 bits per heavy atom. The second-order valence-electron chi connectivity index (χ2n) is 6.06. The lowest BCUT2D eigenvalue weighted by Crippen LogP contribution is -2.52. The SMILES string of the molecule is N#Cc1ccc(N(C(N)=Nc2ccccc2Br)N2CCCCC2)c(O)c1. The van der Waals surface area contributed by atoms with E-state index in [1.54, 1.807) is 17.1 Å². The predicted molar refractivity (Wildman–Crippen MR) is 106 cm³/mol. The molecule has 0 radical (unpaired) electrons. The zero-order valence-electron chi connectivity index (χ0n) is 14.3. The number of anilines is 1. The van der Waals surface area contributed by atoms with Gasteiger partial charge in [-0.15, -0.1) is 0 Å². The number of piperidine rings is 1. The first-order chi connectivity index (χ1) is 12.6. The third kappa shape index (κ3) is 3.98. The van der Waals surface area contributed by atoms with Gasteiger partial charge in [-0.25, -0.2) is 15.0 Å². The van der Waals surface area contributed by atoms with Gasteiger partial charge in [0.15, 0.2) is 0 Å². The van der Waals surface area contributed by atoms with Crippen molar-refractivity contribution in [3.8, 4) is 11.8 Å². The molecule has 26 heavy (non-hydrogen) atoms. The van der Waals surface area contributed by atoms with Crippen molar-refractivity contribution >= 4 is 33.3 Å². The standard InChI is InChI=1S/C19H20BrN5O/c20-15-6-2-3-7-16(15)23-19(22)25(24-10-4-1-5-11-24)17-9-8-14(13-21)12-18(17)26/h2-3,6-9,12,26H,1,4-5,10-11H2,(H2,22,23). The number of guanidine groups is 1. The van der Waals surface area contributed by atoms with Crippen LogP contribution < -0.4 is 10.7 Å². The van der Waals surface area contributed by atoms with Crippen LogP contribution in [0.25, 0.3) is 0 Å². The third-order valence-corrected chi connectivity index (χ3v) is 4.92. The van der Waals surface area contributed by atoms with Gasteiger partial charge in [0.25, 0.3) is 0 Å². The number of rotatable bonds is 3. The van der Waals surface area contributed by atoms with Crippen molar-refractivity contribution in [1.29, 1.82) is 5.26 Å². The Morgan fingerprint density at radius 2 is 1.92 bits per heavy atom. The first-order valence-corrected chi connectivity index (χ1v) is 9.26. The number of nitrogens with zero attached hydrogens (tertiary/aromatic N) is 4. The predicted octanol–water partition coefficient (Wildman–Crippen LogP) is 3.88. The molecule has 0 aromatic heterocycles. The lowest BCUT2D eigenvalue weighted by atomic mass is 10.1. The average molecular weight is 414 g/mol. The van der Waals surface area contributed by atoms with Crippen LogP contribution >= 0.6 is 15.9 Å². The number of aromatic hydroxyl groups is 1. The molecule has 2 aromatic carbocycles. The Balaban J connectivity index is 2.03. The molecule has 0 bridgehead atoms. The van der Waals surface area contributed by atoms with E-state index in [0.29, 0.717) is 16.9 Å². The summed E-state index contributed by atoms with van der Waals surface area (Å²) < 4.78 is 0.839. The number of halogens is 1. The normalized spacial score (nSPS) is 15.5. The minimum Gasteiger partial charge on any atom is -0.506 e. The van der Waals surface area contributed by atoms with E-state index in [1.165, 1.54) is 12.5 Å². The molecular formula is C19H20BrN5O. The van der Waals surface area contributed by atoms with Gasteiger partial charge in [0.05, 0.1) is 17.3 Å². The first kappa shape index (κ1) is 18.2. The van der Waals surface area contributed by atoms with Crippen LogP contribution in [0, 0.1) is 11.3 Å². The molecule has 0 amide bonds. The van der Waals surface area contributed by atoms with Gasteiger partial charge in [0.1, 0.15) is 11.4 Å². The molecule has 1 heterocycles. The van der Waals surface area contributed by atoms with Crippen LogP contribution in [-0.2, 0) is 0 Å². The summed E-state index contributed by atoms with van der Waals surface area (Å²) in [6, 6.07) is 14.4. The van der Waals surface area contributed by atoms with E-state index in [9.17, 15) is 5.11 Å². The summed E-state index contributed by atoms with van der Waals surface area (Å²) in [7, 11) is 0. The quantitative estimate of drug-likeness (QED) is 0.588. The minimum absolute atomic E-state index is 0.0000918. The molecular weight excluding hydrogens is 394 g/mol. The molecule has 134 valence electrons. The van der Waals surface area contributed by atoms with Crippen LogP contribution in [0.5, 0.6) is 5.75 Å². The monoisotopic (exact) mass is 413 g/mol. The third-order valence-electron chi connectivity index (χ3n) is 4.25. The zero-order valence-corrected chi connectivity index (χ0v) is 15.9. The molecule has 0 aliphatic carbocycles. The molecule has 7 heteroatoms. The maximum absolute atomic E-state index is 10.5. The summed E-state index contributed by atoms with van der Waals surface area (Å²) in [6.07, 6.45) is 3.27. The minimum atomic E-state index is -0.0000918. The van der Waals surface area contributed by atoms with E-state index < -0.39 is 0 Å². The summed E-state index contributed by atoms with van der Waals surface area (Å²) in [5.74, 6) is 0.263. The maximum atomic E-state index is 10.5. The molecule has 1 aliphatic rings.